The van der Waals surface area contributed by atoms with E-state index in [4.69, 9.17) is 9.26 Å². The van der Waals surface area contributed by atoms with E-state index in [0.29, 0.717) is 5.82 Å². The van der Waals surface area contributed by atoms with Crippen LogP contribution in [0.2, 0.25) is 0 Å². The Hall–Kier alpha value is -3.12. The molecule has 3 atom stereocenters. The highest BCUT2D eigenvalue weighted by Gasteiger charge is 2.51. The monoisotopic (exact) mass is 559 g/mol. The van der Waals surface area contributed by atoms with E-state index in [9.17, 15) is 4.79 Å². The Kier molecular flexibility index (Phi) is 11.4. The van der Waals surface area contributed by atoms with Crippen LogP contribution in [0.1, 0.15) is 103 Å². The number of unbranched alkanes of at least 4 members (excludes halogenated alkanes) is 6. The van der Waals surface area contributed by atoms with Crippen LogP contribution < -0.4 is 10.1 Å². The van der Waals surface area contributed by atoms with Crippen molar-refractivity contribution in [3.63, 3.8) is 0 Å². The topological polar surface area (TPSA) is 67.4 Å². The zero-order valence-corrected chi connectivity index (χ0v) is 25.5. The first kappa shape index (κ1) is 30.8. The predicted molar refractivity (Wildman–Crippen MR) is 167 cm³/mol. The van der Waals surface area contributed by atoms with Crippen LogP contribution in [-0.2, 0) is 16.6 Å². The molecule has 0 spiro atoms. The van der Waals surface area contributed by atoms with Crippen LogP contribution in [0.15, 0.2) is 71.0 Å². The van der Waals surface area contributed by atoms with E-state index in [1.807, 2.05) is 24.3 Å². The van der Waals surface area contributed by atoms with Gasteiger partial charge in [0, 0.05) is 17.5 Å². The maximum absolute atomic E-state index is 13.3. The van der Waals surface area contributed by atoms with Gasteiger partial charge in [0.15, 0.2) is 5.82 Å². The molecule has 6 heteroatoms. The van der Waals surface area contributed by atoms with Gasteiger partial charge in [0.2, 0.25) is 5.91 Å². The fraction of sp³-hybridized carbons (Fsp3) is 0.543. The van der Waals surface area contributed by atoms with Gasteiger partial charge in [-0.15, -0.1) is 0 Å². The Morgan fingerprint density at radius 3 is 2.51 bits per heavy atom. The van der Waals surface area contributed by atoms with Crippen LogP contribution in [0.4, 0.5) is 5.82 Å². The molecule has 222 valence electrons. The highest BCUT2D eigenvalue weighted by Crippen LogP contribution is 2.34. The molecule has 1 N–H and O–H groups in total. The van der Waals surface area contributed by atoms with Crippen LogP contribution >= 0.6 is 0 Å². The van der Waals surface area contributed by atoms with Crippen LogP contribution in [0, 0.1) is 0 Å². The third kappa shape index (κ3) is 9.74. The maximum Gasteiger partial charge on any atom is 0.244 e. The number of benzene rings is 1. The lowest BCUT2D eigenvalue weighted by Crippen LogP contribution is -2.22. The summed E-state index contributed by atoms with van der Waals surface area (Å²) >= 11 is 0. The number of nitrogens with zero attached hydrogens (tertiary/aromatic N) is 2. The number of hydrogen-bond donors (Lipinski definition) is 1. The number of hydrogen-bond acceptors (Lipinski definition) is 5. The smallest absolute Gasteiger partial charge is 0.244 e. The Morgan fingerprint density at radius 2 is 1.78 bits per heavy atom. The van der Waals surface area contributed by atoms with Gasteiger partial charge in [-0.2, -0.15) is 0 Å². The summed E-state index contributed by atoms with van der Waals surface area (Å²) in [5.74, 6) is 2.92. The quantitative estimate of drug-likeness (QED) is 0.186. The van der Waals surface area contributed by atoms with Crippen LogP contribution in [0.3, 0.4) is 0 Å². The van der Waals surface area contributed by atoms with Gasteiger partial charge in [-0.3, -0.25) is 9.69 Å². The molecule has 1 fully saturated rings. The first-order chi connectivity index (χ1) is 19.8. The summed E-state index contributed by atoms with van der Waals surface area (Å²) in [6.07, 6.45) is 23.5. The molecule has 1 aliphatic heterocycles. The number of nitrogens with one attached hydrogen (secondary N) is 1. The van der Waals surface area contributed by atoms with Gasteiger partial charge >= 0.3 is 0 Å². The number of carbonyl (C=O) groups is 1. The van der Waals surface area contributed by atoms with Gasteiger partial charge in [-0.25, -0.2) is 0 Å². The Morgan fingerprint density at radius 1 is 1.05 bits per heavy atom. The van der Waals surface area contributed by atoms with Crippen molar-refractivity contribution in [3.05, 3.63) is 77.8 Å². The van der Waals surface area contributed by atoms with Crippen molar-refractivity contribution >= 4 is 11.7 Å². The lowest BCUT2D eigenvalue weighted by molar-refractivity contribution is -0.116. The SMILES string of the molecule is CCCCCCCCCN1[C@H](Cc2ccc(OC3=C/C=C\CCCC=C3)cc2)[C@@H]1C(=O)Nc1cc(C(C)(C)C)on1. The van der Waals surface area contributed by atoms with Crippen molar-refractivity contribution in [2.24, 2.45) is 0 Å². The molecule has 0 bridgehead atoms. The van der Waals surface area contributed by atoms with Crippen molar-refractivity contribution < 1.29 is 14.1 Å². The second-order valence-corrected chi connectivity index (χ2v) is 12.5. The molecule has 2 aliphatic rings. The number of allylic oxidation sites excluding steroid dienone is 5. The van der Waals surface area contributed by atoms with Crippen molar-refractivity contribution in [3.8, 4) is 5.75 Å². The van der Waals surface area contributed by atoms with Crippen LogP contribution in [-0.4, -0.2) is 34.6 Å². The first-order valence-electron chi connectivity index (χ1n) is 15.7. The summed E-state index contributed by atoms with van der Waals surface area (Å²) < 4.78 is 11.6. The normalized spacial score (nSPS) is 21.4. The number of aromatic nitrogens is 1. The Balaban J connectivity index is 1.35. The largest absolute Gasteiger partial charge is 0.457 e. The zero-order chi connectivity index (χ0) is 29.1. The predicted octanol–water partition coefficient (Wildman–Crippen LogP) is 8.52. The van der Waals surface area contributed by atoms with Gasteiger partial charge < -0.3 is 14.6 Å². The summed E-state index contributed by atoms with van der Waals surface area (Å²) in [5, 5.41) is 7.11. The van der Waals surface area contributed by atoms with E-state index in [1.54, 1.807) is 0 Å². The minimum absolute atomic E-state index is 0.00126. The van der Waals surface area contributed by atoms with Crippen molar-refractivity contribution in [1.82, 2.24) is 10.1 Å². The summed E-state index contributed by atoms with van der Waals surface area (Å²) in [6, 6.07) is 10.2. The molecule has 2 aromatic rings. The molecule has 41 heavy (non-hydrogen) atoms. The molecule has 0 radical (unpaired) electrons. The van der Waals surface area contributed by atoms with E-state index in [0.717, 1.165) is 55.9 Å². The minimum Gasteiger partial charge on any atom is -0.457 e. The van der Waals surface area contributed by atoms with E-state index in [2.05, 4.69) is 79.5 Å². The second-order valence-electron chi connectivity index (χ2n) is 12.5. The molecule has 1 aromatic heterocycles. The number of amides is 1. The molecule has 1 saturated heterocycles. The molecule has 1 amide bonds. The van der Waals surface area contributed by atoms with E-state index >= 15 is 0 Å². The number of rotatable bonds is 14. The van der Waals surface area contributed by atoms with Gasteiger partial charge in [0.1, 0.15) is 23.3 Å². The molecular weight excluding hydrogens is 510 g/mol. The molecule has 2 heterocycles. The third-order valence-corrected chi connectivity index (χ3v) is 7.87. The minimum atomic E-state index is -0.157. The summed E-state index contributed by atoms with van der Waals surface area (Å²) in [4.78, 5) is 15.7. The summed E-state index contributed by atoms with van der Waals surface area (Å²) in [6.45, 7) is 9.40. The summed E-state index contributed by atoms with van der Waals surface area (Å²) in [7, 11) is 0. The zero-order valence-electron chi connectivity index (χ0n) is 25.5. The molecular formula is C35H49N3O3. The number of ether oxygens (including phenoxy) is 1. The van der Waals surface area contributed by atoms with E-state index in [1.165, 1.54) is 44.1 Å². The molecule has 1 aromatic carbocycles. The first-order valence-corrected chi connectivity index (χ1v) is 15.7. The number of anilines is 1. The molecule has 1 unspecified atom stereocenters. The van der Waals surface area contributed by atoms with Gasteiger partial charge in [0.25, 0.3) is 0 Å². The maximum atomic E-state index is 13.3. The average molecular weight is 560 g/mol. The molecule has 4 rings (SSSR count). The fourth-order valence-corrected chi connectivity index (χ4v) is 5.34. The lowest BCUT2D eigenvalue weighted by Gasteiger charge is -2.12. The van der Waals surface area contributed by atoms with Crippen LogP contribution in [0.25, 0.3) is 0 Å². The highest BCUT2D eigenvalue weighted by molar-refractivity contribution is 5.96. The molecule has 6 nitrogen and oxygen atoms in total. The van der Waals surface area contributed by atoms with Crippen molar-refractivity contribution in [2.45, 2.75) is 116 Å². The van der Waals surface area contributed by atoms with Crippen LogP contribution in [0.5, 0.6) is 5.75 Å². The Bertz CT molecular complexity index is 1190. The number of carbonyl (C=O) groups excluding carboxylic acids is 1. The van der Waals surface area contributed by atoms with Gasteiger partial charge in [-0.1, -0.05) is 102 Å². The fourth-order valence-electron chi connectivity index (χ4n) is 5.34. The highest BCUT2D eigenvalue weighted by atomic mass is 16.5. The third-order valence-electron chi connectivity index (χ3n) is 7.87. The lowest BCUT2D eigenvalue weighted by atomic mass is 9.93. The Labute approximate surface area is 246 Å². The standard InChI is InChI=1S/C35H49N3O3/c1-5-6-7-8-11-14-17-24-38-30(33(38)34(39)36-32-26-31(41-37-32)35(2,3)4)25-27-20-22-29(23-21-27)40-28-18-15-12-9-10-13-16-19-28/h12,15-16,18-23,26,30,33H,5-11,13-14,17,24-25H2,1-4H3,(H,36,37,39)/b15-12-,19-16?,28-18?/t30-,33-,38?/m1/s1. The van der Waals surface area contributed by atoms with E-state index in [-0.39, 0.29) is 23.4 Å². The summed E-state index contributed by atoms with van der Waals surface area (Å²) in [5.41, 5.74) is 1.05. The van der Waals surface area contributed by atoms with Gasteiger partial charge in [-0.05, 0) is 68.5 Å². The second kappa shape index (κ2) is 15.2. The molecule has 1 aliphatic carbocycles. The van der Waals surface area contributed by atoms with Crippen molar-refractivity contribution in [1.29, 1.82) is 0 Å². The molecule has 0 saturated carbocycles. The van der Waals surface area contributed by atoms with Gasteiger partial charge in [0.05, 0.1) is 0 Å². The average Bonchev–Trinajstić information content (AvgIpc) is 3.35. The van der Waals surface area contributed by atoms with Crippen molar-refractivity contribution in [2.75, 3.05) is 11.9 Å². The van der Waals surface area contributed by atoms with E-state index < -0.39 is 0 Å².